The zero-order chi connectivity index (χ0) is 17.7. The first-order valence-electron chi connectivity index (χ1n) is 8.62. The van der Waals surface area contributed by atoms with Crippen LogP contribution in [0.4, 0.5) is 17.3 Å². The lowest BCUT2D eigenvalue weighted by molar-refractivity contribution is 0.289. The zero-order valence-electron chi connectivity index (χ0n) is 14.3. The number of para-hydroxylation sites is 1. The van der Waals surface area contributed by atoms with Crippen molar-refractivity contribution in [3.05, 3.63) is 59.9 Å². The first kappa shape index (κ1) is 15.7. The van der Waals surface area contributed by atoms with Crippen LogP contribution in [0, 0.1) is 6.92 Å². The highest BCUT2D eigenvalue weighted by Gasteiger charge is 2.38. The van der Waals surface area contributed by atoms with E-state index in [9.17, 15) is 4.55 Å². The van der Waals surface area contributed by atoms with Crippen LogP contribution in [0.15, 0.2) is 58.6 Å². The first-order valence-corrected chi connectivity index (χ1v) is 9.77. The summed E-state index contributed by atoms with van der Waals surface area (Å²) in [6.07, 6.45) is 5.53. The molecule has 0 aliphatic carbocycles. The van der Waals surface area contributed by atoms with Gasteiger partial charge >= 0.3 is 0 Å². The summed E-state index contributed by atoms with van der Waals surface area (Å²) < 4.78 is 19.1. The van der Waals surface area contributed by atoms with Gasteiger partial charge in [-0.3, -0.25) is 4.90 Å². The highest BCUT2D eigenvalue weighted by atomic mass is 32.2. The van der Waals surface area contributed by atoms with E-state index in [1.54, 1.807) is 12.4 Å². The molecule has 0 saturated heterocycles. The highest BCUT2D eigenvalue weighted by molar-refractivity contribution is 7.92. The van der Waals surface area contributed by atoms with Crippen LogP contribution in [-0.2, 0) is 17.6 Å². The fourth-order valence-electron chi connectivity index (χ4n) is 3.53. The molecule has 4 heterocycles. The maximum Gasteiger partial charge on any atom is 0.202 e. The van der Waals surface area contributed by atoms with Crippen molar-refractivity contribution in [1.29, 1.82) is 0 Å². The van der Waals surface area contributed by atoms with Gasteiger partial charge in [0, 0.05) is 29.6 Å². The minimum absolute atomic E-state index is 0.650. The Morgan fingerprint density at radius 2 is 2.00 bits per heavy atom. The van der Waals surface area contributed by atoms with Gasteiger partial charge in [0.15, 0.2) is 11.6 Å². The third-order valence-corrected chi connectivity index (χ3v) is 6.12. The Bertz CT molecular complexity index is 1010. The lowest BCUT2D eigenvalue weighted by atomic mass is 10.0. The molecule has 1 aromatic carbocycles. The van der Waals surface area contributed by atoms with Gasteiger partial charge in [-0.15, -0.1) is 0 Å². The summed E-state index contributed by atoms with van der Waals surface area (Å²) in [7, 11) is 0. The minimum atomic E-state index is -1.30. The number of hydrogen-bond donors (Lipinski definition) is 0. The van der Waals surface area contributed by atoms with E-state index in [1.807, 2.05) is 42.2 Å². The average molecular weight is 363 g/mol. The van der Waals surface area contributed by atoms with E-state index in [-0.39, 0.29) is 0 Å². The van der Waals surface area contributed by atoms with Gasteiger partial charge in [0.05, 0.1) is 12.3 Å². The molecule has 5 nitrogen and oxygen atoms in total. The van der Waals surface area contributed by atoms with Crippen molar-refractivity contribution >= 4 is 28.5 Å². The predicted octanol–water partition coefficient (Wildman–Crippen LogP) is 4.06. The second-order valence-electron chi connectivity index (χ2n) is 6.48. The first-order chi connectivity index (χ1) is 12.7. The second kappa shape index (κ2) is 6.00. The van der Waals surface area contributed by atoms with E-state index in [4.69, 9.17) is 4.74 Å². The van der Waals surface area contributed by atoms with Gasteiger partial charge in [-0.05, 0) is 49.1 Å². The predicted molar refractivity (Wildman–Crippen MR) is 99.9 cm³/mol. The number of pyridine rings is 2. The lowest BCUT2D eigenvalue weighted by Crippen LogP contribution is -2.25. The topological polar surface area (TPSA) is 61.3 Å². The lowest BCUT2D eigenvalue weighted by Gasteiger charge is -2.32. The van der Waals surface area contributed by atoms with Gasteiger partial charge in [0.25, 0.3) is 0 Å². The van der Waals surface area contributed by atoms with Gasteiger partial charge < -0.3 is 9.29 Å². The number of rotatable bonds is 1. The molecule has 26 heavy (non-hydrogen) atoms. The average Bonchev–Trinajstić information content (AvgIpc) is 2.69. The molecular formula is C20H17N3O2S. The molecule has 2 aliphatic heterocycles. The normalized spacial score (nSPS) is 17.8. The van der Waals surface area contributed by atoms with Crippen LogP contribution in [0.3, 0.4) is 0 Å². The number of hydrogen-bond acceptors (Lipinski definition) is 5. The molecule has 0 saturated carbocycles. The Morgan fingerprint density at radius 3 is 2.92 bits per heavy atom. The number of nitrogens with zero attached hydrogens (tertiary/aromatic N) is 3. The van der Waals surface area contributed by atoms with Gasteiger partial charge in [-0.25, -0.2) is 9.97 Å². The van der Waals surface area contributed by atoms with Gasteiger partial charge in [-0.1, -0.05) is 12.1 Å². The van der Waals surface area contributed by atoms with Gasteiger partial charge in [0.2, 0.25) is 9.79 Å². The van der Waals surface area contributed by atoms with Crippen LogP contribution in [0.2, 0.25) is 0 Å². The number of aromatic nitrogens is 2. The molecule has 0 amide bonds. The van der Waals surface area contributed by atoms with Gasteiger partial charge in [-0.2, -0.15) is 0 Å². The van der Waals surface area contributed by atoms with E-state index < -0.39 is 11.2 Å². The quantitative estimate of drug-likeness (QED) is 0.610. The van der Waals surface area contributed by atoms with Crippen molar-refractivity contribution in [2.75, 3.05) is 11.5 Å². The Labute approximate surface area is 154 Å². The molecule has 2 aromatic heterocycles. The summed E-state index contributed by atoms with van der Waals surface area (Å²) in [5.74, 6) is 2.18. The molecule has 0 spiro atoms. The Morgan fingerprint density at radius 1 is 1.12 bits per heavy atom. The summed E-state index contributed by atoms with van der Waals surface area (Å²) in [4.78, 5) is 12.5. The second-order valence-corrected chi connectivity index (χ2v) is 7.90. The number of aryl methyl sites for hydroxylation is 2. The van der Waals surface area contributed by atoms with Crippen molar-refractivity contribution in [3.8, 4) is 5.75 Å². The molecule has 1 unspecified atom stereocenters. The monoisotopic (exact) mass is 363 g/mol. The molecule has 6 heteroatoms. The maximum atomic E-state index is 13.1. The van der Waals surface area contributed by atoms with Gasteiger partial charge in [0.1, 0.15) is 5.75 Å². The van der Waals surface area contributed by atoms with E-state index in [2.05, 4.69) is 16.0 Å². The van der Waals surface area contributed by atoms with Crippen LogP contribution >= 0.6 is 0 Å². The van der Waals surface area contributed by atoms with Crippen molar-refractivity contribution in [2.24, 2.45) is 0 Å². The molecule has 5 rings (SSSR count). The maximum absolute atomic E-state index is 13.1. The molecule has 130 valence electrons. The molecule has 0 radical (unpaired) electrons. The summed E-state index contributed by atoms with van der Waals surface area (Å²) in [6, 6.07) is 11.8. The third kappa shape index (κ3) is 2.29. The number of ether oxygens (including phenoxy) is 1. The fourth-order valence-corrected chi connectivity index (χ4v) is 4.88. The van der Waals surface area contributed by atoms with Crippen molar-refractivity contribution in [1.82, 2.24) is 9.97 Å². The summed E-state index contributed by atoms with van der Waals surface area (Å²) >= 11 is -1.30. The van der Waals surface area contributed by atoms with Crippen molar-refractivity contribution in [3.63, 3.8) is 0 Å². The van der Waals surface area contributed by atoms with Crippen LogP contribution in [-0.4, -0.2) is 21.1 Å². The highest BCUT2D eigenvalue weighted by Crippen LogP contribution is 2.49. The Kier molecular flexibility index (Phi) is 3.62. The summed E-state index contributed by atoms with van der Waals surface area (Å²) in [6.45, 7) is 2.66. The molecule has 2 aliphatic rings. The van der Waals surface area contributed by atoms with Crippen molar-refractivity contribution < 1.29 is 9.29 Å². The zero-order valence-corrected chi connectivity index (χ0v) is 15.1. The van der Waals surface area contributed by atoms with Crippen molar-refractivity contribution in [2.45, 2.75) is 29.6 Å². The smallest absolute Gasteiger partial charge is 0.202 e. The van der Waals surface area contributed by atoms with Crippen LogP contribution < -0.4 is 9.64 Å². The Balaban J connectivity index is 1.79. The number of benzene rings is 1. The molecule has 1 atom stereocenters. The van der Waals surface area contributed by atoms with Crippen LogP contribution in [0.25, 0.3) is 0 Å². The summed E-state index contributed by atoms with van der Waals surface area (Å²) in [5, 5.41) is 0. The molecule has 0 N–H and O–H groups in total. The molecule has 0 bridgehead atoms. The van der Waals surface area contributed by atoms with Crippen LogP contribution in [0.5, 0.6) is 5.75 Å². The SMILES string of the molecule is Cc1cnc2c(c1)[S+]([O-])c1cccnc1N2c1cccc2c1OCCC2. The van der Waals surface area contributed by atoms with E-state index in [0.717, 1.165) is 29.8 Å². The fraction of sp³-hybridized carbons (Fsp3) is 0.200. The standard InChI is InChI=1S/C20H17N3O2S/c1-13-11-17-20(22-12-13)23(19-16(26(17)24)8-3-9-21-19)15-7-2-5-14-6-4-10-25-18(14)15/h2-3,5,7-9,11-12H,4,6,10H2,1H3. The summed E-state index contributed by atoms with van der Waals surface area (Å²) in [5.41, 5.74) is 3.07. The number of anilines is 3. The largest absolute Gasteiger partial charge is 0.606 e. The van der Waals surface area contributed by atoms with Crippen LogP contribution in [0.1, 0.15) is 17.5 Å². The van der Waals surface area contributed by atoms with E-state index >= 15 is 0 Å². The third-order valence-electron chi connectivity index (χ3n) is 4.70. The van der Waals surface area contributed by atoms with E-state index in [1.165, 1.54) is 5.56 Å². The molecular weight excluding hydrogens is 346 g/mol. The number of fused-ring (bicyclic) bond motifs is 3. The Hall–Kier alpha value is -2.57. The van der Waals surface area contributed by atoms with E-state index in [0.29, 0.717) is 28.0 Å². The minimum Gasteiger partial charge on any atom is -0.606 e. The molecule has 0 fully saturated rings. The molecule has 3 aromatic rings.